The van der Waals surface area contributed by atoms with Crippen molar-refractivity contribution in [2.45, 2.75) is 38.8 Å². The number of hydrogen-bond donors (Lipinski definition) is 1. The molecule has 0 bridgehead atoms. The summed E-state index contributed by atoms with van der Waals surface area (Å²) in [6.45, 7) is 6.86. The van der Waals surface area contributed by atoms with Crippen LogP contribution in [0, 0.1) is 0 Å². The predicted octanol–water partition coefficient (Wildman–Crippen LogP) is 2.76. The number of rotatable bonds is 10. The molecule has 0 spiro atoms. The van der Waals surface area contributed by atoms with Crippen molar-refractivity contribution in [2.24, 2.45) is 0 Å². The smallest absolute Gasteiger partial charge is 0.119 e. The first-order valence-corrected chi connectivity index (χ1v) is 8.00. The lowest BCUT2D eigenvalue weighted by Gasteiger charge is -2.11. The highest BCUT2D eigenvalue weighted by Crippen LogP contribution is 2.14. The fraction of sp³-hybridized carbons (Fsp3) is 0.647. The number of ether oxygens (including phenoxy) is 3. The van der Waals surface area contributed by atoms with E-state index in [0.29, 0.717) is 19.8 Å². The minimum atomic E-state index is 0.290. The Hall–Kier alpha value is -1.10. The molecule has 1 saturated heterocycles. The molecule has 0 aliphatic carbocycles. The second kappa shape index (κ2) is 9.77. The van der Waals surface area contributed by atoms with Crippen LogP contribution < -0.4 is 10.1 Å². The summed E-state index contributed by atoms with van der Waals surface area (Å²) in [6.07, 6.45) is 3.72. The molecular formula is C17H27NO3. The minimum absolute atomic E-state index is 0.290. The van der Waals surface area contributed by atoms with Crippen LogP contribution in [0.25, 0.3) is 0 Å². The van der Waals surface area contributed by atoms with Gasteiger partial charge >= 0.3 is 0 Å². The summed E-state index contributed by atoms with van der Waals surface area (Å²) in [4.78, 5) is 0. The SMILES string of the molecule is CCCNCc1cccc(OCCOCC2CCCO2)c1. The van der Waals surface area contributed by atoms with Gasteiger partial charge in [0.15, 0.2) is 0 Å². The Morgan fingerprint density at radius 1 is 1.33 bits per heavy atom. The Labute approximate surface area is 127 Å². The monoisotopic (exact) mass is 293 g/mol. The van der Waals surface area contributed by atoms with Gasteiger partial charge in [-0.15, -0.1) is 0 Å². The van der Waals surface area contributed by atoms with Crippen LogP contribution in [0.2, 0.25) is 0 Å². The average Bonchev–Trinajstić information content (AvgIpc) is 3.01. The third kappa shape index (κ3) is 6.46. The lowest BCUT2D eigenvalue weighted by atomic mass is 10.2. The van der Waals surface area contributed by atoms with Crippen molar-refractivity contribution in [1.29, 1.82) is 0 Å². The molecule has 118 valence electrons. The Balaban J connectivity index is 1.59. The molecule has 1 N–H and O–H groups in total. The van der Waals surface area contributed by atoms with Crippen LogP contribution in [0.1, 0.15) is 31.7 Å². The van der Waals surface area contributed by atoms with Gasteiger partial charge in [0.05, 0.1) is 19.3 Å². The Kier molecular flexibility index (Phi) is 7.57. The van der Waals surface area contributed by atoms with E-state index in [1.54, 1.807) is 0 Å². The van der Waals surface area contributed by atoms with E-state index in [0.717, 1.165) is 44.7 Å². The summed E-state index contributed by atoms with van der Waals surface area (Å²) >= 11 is 0. The van der Waals surface area contributed by atoms with Crippen LogP contribution in [0.15, 0.2) is 24.3 Å². The standard InChI is InChI=1S/C17H27NO3/c1-2-8-18-13-15-5-3-6-16(12-15)21-11-10-19-14-17-7-4-9-20-17/h3,5-6,12,17-18H,2,4,7-11,13-14H2,1H3. The Bertz CT molecular complexity index is 391. The normalized spacial score (nSPS) is 18.0. The van der Waals surface area contributed by atoms with Crippen molar-refractivity contribution in [2.75, 3.05) is 33.0 Å². The van der Waals surface area contributed by atoms with Gasteiger partial charge in [-0.1, -0.05) is 19.1 Å². The molecule has 1 aliphatic rings. The van der Waals surface area contributed by atoms with E-state index < -0.39 is 0 Å². The number of benzene rings is 1. The predicted molar refractivity (Wildman–Crippen MR) is 83.7 cm³/mol. The molecule has 21 heavy (non-hydrogen) atoms. The fourth-order valence-corrected chi connectivity index (χ4v) is 2.36. The summed E-state index contributed by atoms with van der Waals surface area (Å²) in [5, 5.41) is 3.39. The van der Waals surface area contributed by atoms with Crippen molar-refractivity contribution >= 4 is 0 Å². The van der Waals surface area contributed by atoms with E-state index in [9.17, 15) is 0 Å². The topological polar surface area (TPSA) is 39.7 Å². The average molecular weight is 293 g/mol. The maximum Gasteiger partial charge on any atom is 0.119 e. The maximum absolute atomic E-state index is 5.72. The molecule has 1 heterocycles. The highest BCUT2D eigenvalue weighted by atomic mass is 16.5. The van der Waals surface area contributed by atoms with Crippen molar-refractivity contribution in [1.82, 2.24) is 5.32 Å². The van der Waals surface area contributed by atoms with Crippen LogP contribution in [-0.4, -0.2) is 39.1 Å². The van der Waals surface area contributed by atoms with Crippen molar-refractivity contribution < 1.29 is 14.2 Å². The van der Waals surface area contributed by atoms with Crippen LogP contribution in [-0.2, 0) is 16.0 Å². The lowest BCUT2D eigenvalue weighted by molar-refractivity contribution is 0.00852. The van der Waals surface area contributed by atoms with E-state index in [-0.39, 0.29) is 6.10 Å². The molecule has 1 aromatic carbocycles. The molecule has 0 amide bonds. The van der Waals surface area contributed by atoms with Crippen LogP contribution in [0.4, 0.5) is 0 Å². The second-order valence-corrected chi connectivity index (χ2v) is 5.38. The summed E-state index contributed by atoms with van der Waals surface area (Å²) in [5.41, 5.74) is 1.25. The lowest BCUT2D eigenvalue weighted by Crippen LogP contribution is -2.17. The van der Waals surface area contributed by atoms with Crippen LogP contribution >= 0.6 is 0 Å². The van der Waals surface area contributed by atoms with Crippen molar-refractivity contribution in [3.63, 3.8) is 0 Å². The van der Waals surface area contributed by atoms with Gasteiger partial charge < -0.3 is 19.5 Å². The molecule has 1 aliphatic heterocycles. The zero-order valence-electron chi connectivity index (χ0n) is 13.0. The van der Waals surface area contributed by atoms with Crippen LogP contribution in [0.5, 0.6) is 5.75 Å². The minimum Gasteiger partial charge on any atom is -0.491 e. The van der Waals surface area contributed by atoms with Gasteiger partial charge in [0.25, 0.3) is 0 Å². The highest BCUT2D eigenvalue weighted by molar-refractivity contribution is 5.28. The molecule has 0 saturated carbocycles. The van der Waals surface area contributed by atoms with E-state index >= 15 is 0 Å². The molecule has 1 atom stereocenters. The summed E-state index contributed by atoms with van der Waals surface area (Å²) in [6, 6.07) is 8.22. The van der Waals surface area contributed by atoms with Crippen molar-refractivity contribution in [3.8, 4) is 5.75 Å². The maximum atomic E-state index is 5.72. The van der Waals surface area contributed by atoms with E-state index in [1.165, 1.54) is 5.56 Å². The Morgan fingerprint density at radius 2 is 2.29 bits per heavy atom. The van der Waals surface area contributed by atoms with Gasteiger partial charge in [-0.05, 0) is 43.5 Å². The highest BCUT2D eigenvalue weighted by Gasteiger charge is 2.14. The second-order valence-electron chi connectivity index (χ2n) is 5.38. The molecular weight excluding hydrogens is 266 g/mol. The Morgan fingerprint density at radius 3 is 3.10 bits per heavy atom. The first-order chi connectivity index (χ1) is 10.4. The molecule has 4 nitrogen and oxygen atoms in total. The fourth-order valence-electron chi connectivity index (χ4n) is 2.36. The van der Waals surface area contributed by atoms with Gasteiger partial charge in [-0.25, -0.2) is 0 Å². The zero-order chi connectivity index (χ0) is 14.8. The first-order valence-electron chi connectivity index (χ1n) is 8.00. The van der Waals surface area contributed by atoms with E-state index in [4.69, 9.17) is 14.2 Å². The molecule has 2 rings (SSSR count). The number of nitrogens with one attached hydrogen (secondary N) is 1. The van der Waals surface area contributed by atoms with Gasteiger partial charge in [-0.2, -0.15) is 0 Å². The van der Waals surface area contributed by atoms with Gasteiger partial charge in [0, 0.05) is 13.2 Å². The molecule has 1 unspecified atom stereocenters. The van der Waals surface area contributed by atoms with E-state index in [1.807, 2.05) is 12.1 Å². The summed E-state index contributed by atoms with van der Waals surface area (Å²) in [5.74, 6) is 0.909. The quantitative estimate of drug-likeness (QED) is 0.673. The van der Waals surface area contributed by atoms with E-state index in [2.05, 4.69) is 24.4 Å². The largest absolute Gasteiger partial charge is 0.491 e. The molecule has 1 fully saturated rings. The summed E-state index contributed by atoms with van der Waals surface area (Å²) in [7, 11) is 0. The third-order valence-electron chi connectivity index (χ3n) is 3.48. The molecule has 0 aromatic heterocycles. The van der Waals surface area contributed by atoms with Crippen LogP contribution in [0.3, 0.4) is 0 Å². The first kappa shape index (κ1) is 16.3. The molecule has 0 radical (unpaired) electrons. The van der Waals surface area contributed by atoms with Gasteiger partial charge in [0.2, 0.25) is 0 Å². The number of hydrogen-bond acceptors (Lipinski definition) is 4. The zero-order valence-corrected chi connectivity index (χ0v) is 13.0. The third-order valence-corrected chi connectivity index (χ3v) is 3.48. The molecule has 4 heteroatoms. The summed E-state index contributed by atoms with van der Waals surface area (Å²) < 4.78 is 16.8. The van der Waals surface area contributed by atoms with Gasteiger partial charge in [-0.3, -0.25) is 0 Å². The van der Waals surface area contributed by atoms with Crippen molar-refractivity contribution in [3.05, 3.63) is 29.8 Å². The molecule has 1 aromatic rings. The van der Waals surface area contributed by atoms with Gasteiger partial charge in [0.1, 0.15) is 12.4 Å².